The van der Waals surface area contributed by atoms with Crippen LogP contribution in [0.15, 0.2) is 12.1 Å². The van der Waals surface area contributed by atoms with Crippen LogP contribution in [0.25, 0.3) is 11.0 Å². The van der Waals surface area contributed by atoms with E-state index >= 15 is 0 Å². The Hall–Kier alpha value is -0.970. The second-order valence-corrected chi connectivity index (χ2v) is 6.27. The molecule has 1 aromatic heterocycles. The van der Waals surface area contributed by atoms with Crippen molar-refractivity contribution in [2.45, 2.75) is 25.8 Å². The molecule has 0 bridgehead atoms. The first-order chi connectivity index (χ1) is 9.56. The van der Waals surface area contributed by atoms with E-state index in [1.165, 1.54) is 25.9 Å². The molecule has 1 aliphatic heterocycles. The van der Waals surface area contributed by atoms with E-state index in [0.717, 1.165) is 17.6 Å². The van der Waals surface area contributed by atoms with E-state index in [1.54, 1.807) is 6.07 Å². The van der Waals surface area contributed by atoms with Crippen LogP contribution in [0.3, 0.4) is 0 Å². The first kappa shape index (κ1) is 14.0. The third kappa shape index (κ3) is 2.48. The normalized spacial score (nSPS) is 17.9. The van der Waals surface area contributed by atoms with Gasteiger partial charge in [-0.25, -0.2) is 4.98 Å². The Morgan fingerprint density at radius 3 is 2.60 bits per heavy atom. The Balaban J connectivity index is 1.97. The van der Waals surface area contributed by atoms with Crippen molar-refractivity contribution in [1.29, 1.82) is 0 Å². The summed E-state index contributed by atoms with van der Waals surface area (Å²) in [7, 11) is 0. The van der Waals surface area contributed by atoms with Gasteiger partial charge in [0.05, 0.1) is 21.1 Å². The van der Waals surface area contributed by atoms with Crippen molar-refractivity contribution in [3.63, 3.8) is 0 Å². The summed E-state index contributed by atoms with van der Waals surface area (Å²) in [5.74, 6) is 0.519. The van der Waals surface area contributed by atoms with E-state index in [4.69, 9.17) is 28.9 Å². The predicted molar refractivity (Wildman–Crippen MR) is 84.6 cm³/mol. The maximum atomic E-state index is 6.12. The fourth-order valence-corrected chi connectivity index (χ4v) is 3.31. The van der Waals surface area contributed by atoms with Gasteiger partial charge in [0, 0.05) is 12.6 Å². The van der Waals surface area contributed by atoms with Crippen LogP contribution in [0.4, 0.5) is 5.95 Å². The van der Waals surface area contributed by atoms with Crippen molar-refractivity contribution < 1.29 is 0 Å². The number of halogens is 2. The average molecular weight is 313 g/mol. The molecule has 1 aliphatic rings. The molecule has 0 radical (unpaired) electrons. The van der Waals surface area contributed by atoms with Crippen molar-refractivity contribution in [1.82, 2.24) is 14.5 Å². The largest absolute Gasteiger partial charge is 0.369 e. The van der Waals surface area contributed by atoms with Gasteiger partial charge < -0.3 is 15.2 Å². The molecule has 6 heteroatoms. The highest BCUT2D eigenvalue weighted by atomic mass is 35.5. The van der Waals surface area contributed by atoms with Gasteiger partial charge in [0.2, 0.25) is 5.95 Å². The Kier molecular flexibility index (Phi) is 3.80. The summed E-state index contributed by atoms with van der Waals surface area (Å²) in [4.78, 5) is 6.86. The summed E-state index contributed by atoms with van der Waals surface area (Å²) in [6, 6.07) is 3.88. The molecule has 1 unspecified atom stereocenters. The summed E-state index contributed by atoms with van der Waals surface area (Å²) in [6.45, 7) is 5.49. The molecule has 1 atom stereocenters. The summed E-state index contributed by atoms with van der Waals surface area (Å²) in [6.07, 6.45) is 2.57. The van der Waals surface area contributed by atoms with E-state index in [-0.39, 0.29) is 6.04 Å². The van der Waals surface area contributed by atoms with Crippen molar-refractivity contribution >= 4 is 40.2 Å². The number of nitrogens with zero attached hydrogens (tertiary/aromatic N) is 3. The maximum Gasteiger partial charge on any atom is 0.201 e. The van der Waals surface area contributed by atoms with Gasteiger partial charge in [0.1, 0.15) is 0 Å². The number of nitrogen functional groups attached to an aromatic ring is 1. The summed E-state index contributed by atoms with van der Waals surface area (Å²) in [5, 5.41) is 1.05. The fourth-order valence-electron chi connectivity index (χ4n) is 2.99. The second-order valence-electron chi connectivity index (χ2n) is 5.45. The number of hydrogen-bond donors (Lipinski definition) is 1. The fraction of sp³-hybridized carbons (Fsp3) is 0.500. The van der Waals surface area contributed by atoms with Gasteiger partial charge in [0.15, 0.2) is 0 Å². The molecule has 0 saturated carbocycles. The van der Waals surface area contributed by atoms with Crippen LogP contribution in [-0.4, -0.2) is 34.1 Å². The SMILES string of the molecule is CC(CN1CCCC1)n1c(N)nc2cc(Cl)c(Cl)cc21. The molecule has 0 spiro atoms. The second kappa shape index (κ2) is 5.43. The molecular formula is C14H18Cl2N4. The molecule has 2 aromatic rings. The lowest BCUT2D eigenvalue weighted by molar-refractivity contribution is 0.291. The van der Waals surface area contributed by atoms with Gasteiger partial charge in [-0.1, -0.05) is 23.2 Å². The highest BCUT2D eigenvalue weighted by Gasteiger charge is 2.20. The lowest BCUT2D eigenvalue weighted by Gasteiger charge is -2.22. The predicted octanol–water partition coefficient (Wildman–Crippen LogP) is 3.58. The standard InChI is InChI=1S/C14H18Cl2N4/c1-9(8-19-4-2-3-5-19)20-13-7-11(16)10(15)6-12(13)18-14(20)17/h6-7,9H,2-5,8H2,1H3,(H2,17,18). The number of hydrogen-bond acceptors (Lipinski definition) is 3. The first-order valence-electron chi connectivity index (χ1n) is 6.91. The molecule has 2 heterocycles. The summed E-state index contributed by atoms with van der Waals surface area (Å²) < 4.78 is 2.05. The van der Waals surface area contributed by atoms with Crippen molar-refractivity contribution in [2.24, 2.45) is 0 Å². The molecule has 4 nitrogen and oxygen atoms in total. The Bertz CT molecular complexity index is 632. The number of rotatable bonds is 3. The minimum atomic E-state index is 0.260. The van der Waals surface area contributed by atoms with Gasteiger partial charge in [0.25, 0.3) is 0 Å². The van der Waals surface area contributed by atoms with Gasteiger partial charge >= 0.3 is 0 Å². The van der Waals surface area contributed by atoms with Crippen molar-refractivity contribution in [2.75, 3.05) is 25.4 Å². The minimum Gasteiger partial charge on any atom is -0.369 e. The summed E-state index contributed by atoms with van der Waals surface area (Å²) in [5.41, 5.74) is 7.82. The third-order valence-electron chi connectivity index (χ3n) is 3.92. The molecule has 2 N–H and O–H groups in total. The quantitative estimate of drug-likeness (QED) is 0.942. The highest BCUT2D eigenvalue weighted by molar-refractivity contribution is 6.42. The number of anilines is 1. The molecule has 1 saturated heterocycles. The van der Waals surface area contributed by atoms with Crippen LogP contribution in [0, 0.1) is 0 Å². The van der Waals surface area contributed by atoms with Crippen LogP contribution in [0.1, 0.15) is 25.8 Å². The van der Waals surface area contributed by atoms with E-state index in [1.807, 2.05) is 6.07 Å². The minimum absolute atomic E-state index is 0.260. The van der Waals surface area contributed by atoms with E-state index in [0.29, 0.717) is 16.0 Å². The Morgan fingerprint density at radius 2 is 1.90 bits per heavy atom. The molecule has 1 fully saturated rings. The lowest BCUT2D eigenvalue weighted by atomic mass is 10.2. The van der Waals surface area contributed by atoms with Crippen LogP contribution in [0.5, 0.6) is 0 Å². The molecular weight excluding hydrogens is 295 g/mol. The van der Waals surface area contributed by atoms with Crippen LogP contribution >= 0.6 is 23.2 Å². The van der Waals surface area contributed by atoms with Gasteiger partial charge in [-0.2, -0.15) is 0 Å². The van der Waals surface area contributed by atoms with Gasteiger partial charge in [-0.05, 0) is 45.0 Å². The maximum absolute atomic E-state index is 6.12. The zero-order valence-corrected chi connectivity index (χ0v) is 13.0. The summed E-state index contributed by atoms with van der Waals surface area (Å²) >= 11 is 12.2. The number of fused-ring (bicyclic) bond motifs is 1. The van der Waals surface area contributed by atoms with E-state index < -0.39 is 0 Å². The molecule has 0 aliphatic carbocycles. The van der Waals surface area contributed by atoms with Crippen molar-refractivity contribution in [3.8, 4) is 0 Å². The lowest BCUT2D eigenvalue weighted by Crippen LogP contribution is -2.27. The topological polar surface area (TPSA) is 47.1 Å². The van der Waals surface area contributed by atoms with Crippen LogP contribution < -0.4 is 5.73 Å². The smallest absolute Gasteiger partial charge is 0.201 e. The monoisotopic (exact) mass is 312 g/mol. The zero-order valence-electron chi connectivity index (χ0n) is 11.4. The number of benzene rings is 1. The molecule has 108 valence electrons. The first-order valence-corrected chi connectivity index (χ1v) is 7.66. The Morgan fingerprint density at radius 1 is 1.25 bits per heavy atom. The van der Waals surface area contributed by atoms with Crippen molar-refractivity contribution in [3.05, 3.63) is 22.2 Å². The Labute approximate surface area is 128 Å². The van der Waals surface area contributed by atoms with Crippen LogP contribution in [0.2, 0.25) is 10.0 Å². The highest BCUT2D eigenvalue weighted by Crippen LogP contribution is 2.31. The zero-order chi connectivity index (χ0) is 14.3. The number of nitrogens with two attached hydrogens (primary N) is 1. The number of aromatic nitrogens is 2. The average Bonchev–Trinajstić information content (AvgIpc) is 2.97. The third-order valence-corrected chi connectivity index (χ3v) is 4.64. The van der Waals surface area contributed by atoms with E-state index in [9.17, 15) is 0 Å². The van der Waals surface area contributed by atoms with Gasteiger partial charge in [-0.15, -0.1) is 0 Å². The van der Waals surface area contributed by atoms with Gasteiger partial charge in [-0.3, -0.25) is 0 Å². The molecule has 1 aromatic carbocycles. The van der Waals surface area contributed by atoms with Crippen LogP contribution in [-0.2, 0) is 0 Å². The van der Waals surface area contributed by atoms with E-state index in [2.05, 4.69) is 21.4 Å². The molecule has 20 heavy (non-hydrogen) atoms. The molecule has 3 rings (SSSR count). The molecule has 0 amide bonds. The number of imidazole rings is 1. The number of likely N-dealkylation sites (tertiary alicyclic amines) is 1.